The highest BCUT2D eigenvalue weighted by Gasteiger charge is 2.40. The molecule has 0 aromatic heterocycles. The van der Waals surface area contributed by atoms with Crippen molar-refractivity contribution in [1.82, 2.24) is 4.90 Å². The monoisotopic (exact) mass is 697 g/mol. The van der Waals surface area contributed by atoms with Crippen LogP contribution in [-0.4, -0.2) is 48.8 Å². The highest BCUT2D eigenvalue weighted by Crippen LogP contribution is 2.43. The largest absolute Gasteiger partial charge is 0.380 e. The van der Waals surface area contributed by atoms with Crippen molar-refractivity contribution >= 4 is 11.6 Å². The molecule has 0 N–H and O–H groups in total. The van der Waals surface area contributed by atoms with Gasteiger partial charge in [-0.25, -0.2) is 0 Å². The number of ketones is 2. The lowest BCUT2D eigenvalue weighted by Gasteiger charge is -2.24. The van der Waals surface area contributed by atoms with Gasteiger partial charge in [0, 0.05) is 44.0 Å². The first-order valence-electron chi connectivity index (χ1n) is 21.7. The number of likely N-dealkylation sites (tertiary alicyclic amines) is 1. The maximum atomic E-state index is 12.8. The molecular weight excluding hydrogens is 615 g/mol. The van der Waals surface area contributed by atoms with Crippen molar-refractivity contribution in [2.75, 3.05) is 26.3 Å². The number of allylic oxidation sites excluding steroid dienone is 2. The molecule has 0 saturated carbocycles. The van der Waals surface area contributed by atoms with Crippen molar-refractivity contribution in [3.63, 3.8) is 0 Å². The maximum Gasteiger partial charge on any atom is 0.159 e. The van der Waals surface area contributed by atoms with E-state index >= 15 is 0 Å². The summed E-state index contributed by atoms with van der Waals surface area (Å²) >= 11 is 0. The fraction of sp³-hybridized carbons (Fsp3) is 0.848. The zero-order valence-electron chi connectivity index (χ0n) is 34.2. The Hall–Kier alpha value is -1.26. The van der Waals surface area contributed by atoms with E-state index in [1.54, 1.807) is 0 Å². The van der Waals surface area contributed by atoms with Gasteiger partial charge in [0.2, 0.25) is 0 Å². The summed E-state index contributed by atoms with van der Waals surface area (Å²) in [6.45, 7) is 21.7. The fourth-order valence-electron chi connectivity index (χ4n) is 8.00. The predicted octanol–water partition coefficient (Wildman–Crippen LogP) is 13.0. The standard InChI is InChI=1S/C46H82NO3/c1-8-11-18-27-39(28-19-12-9-2)29-24-26-38(4)44(48)30-20-14-13-16-22-32-47-36-40(42-35-43(42)45(49)25-10-3)34-41(47)37-50-33-23-17-15-21-31-46(5,6)7/h35,39-41H,4,8-34,36-37H2,1-3,5-7H3/t40-,41-/m0/s1. The van der Waals surface area contributed by atoms with Crippen LogP contribution in [0.4, 0.5) is 0 Å². The van der Waals surface area contributed by atoms with Crippen LogP contribution >= 0.6 is 0 Å². The summed E-state index contributed by atoms with van der Waals surface area (Å²) in [4.78, 5) is 27.9. The van der Waals surface area contributed by atoms with Crippen LogP contribution in [0, 0.1) is 23.7 Å². The SMILES string of the molecule is C=C(CCCC(CCCCC)CCCCC)C(=O)CCCCCCCN1C[C@@H](C2=C(C(=O)CCC)[CH]2)C[C@H]1COCCCCCCC(C)(C)C. The first-order chi connectivity index (χ1) is 24.1. The molecule has 0 bridgehead atoms. The van der Waals surface area contributed by atoms with Crippen molar-refractivity contribution in [2.45, 2.75) is 208 Å². The predicted molar refractivity (Wildman–Crippen MR) is 216 cm³/mol. The molecule has 2 rings (SSSR count). The minimum Gasteiger partial charge on any atom is -0.380 e. The molecule has 50 heavy (non-hydrogen) atoms. The van der Waals surface area contributed by atoms with Crippen LogP contribution in [0.2, 0.25) is 0 Å². The van der Waals surface area contributed by atoms with E-state index < -0.39 is 0 Å². The van der Waals surface area contributed by atoms with E-state index in [1.165, 1.54) is 108 Å². The number of carbonyl (C=O) groups is 2. The summed E-state index contributed by atoms with van der Waals surface area (Å²) in [5, 5.41) is 0. The van der Waals surface area contributed by atoms with E-state index in [0.717, 1.165) is 88.3 Å². The molecular formula is C46H82NO3. The summed E-state index contributed by atoms with van der Waals surface area (Å²) in [6, 6.07) is 0.455. The molecule has 289 valence electrons. The van der Waals surface area contributed by atoms with Gasteiger partial charge in [-0.1, -0.05) is 144 Å². The Labute approximate surface area is 311 Å². The normalized spacial score (nSPS) is 18.1. The second-order valence-corrected chi connectivity index (χ2v) is 17.4. The lowest BCUT2D eigenvalue weighted by Crippen LogP contribution is -2.34. The lowest BCUT2D eigenvalue weighted by molar-refractivity contribution is -0.116. The second-order valence-electron chi connectivity index (χ2n) is 17.4. The first-order valence-corrected chi connectivity index (χ1v) is 21.7. The first kappa shape index (κ1) is 44.9. The number of rotatable bonds is 33. The van der Waals surface area contributed by atoms with Gasteiger partial charge < -0.3 is 4.74 Å². The number of carbonyl (C=O) groups excluding carboxylic acids is 2. The van der Waals surface area contributed by atoms with E-state index in [4.69, 9.17) is 4.74 Å². The molecule has 2 atom stereocenters. The summed E-state index contributed by atoms with van der Waals surface area (Å²) in [5.41, 5.74) is 3.67. The van der Waals surface area contributed by atoms with Gasteiger partial charge >= 0.3 is 0 Å². The van der Waals surface area contributed by atoms with Crippen molar-refractivity contribution < 1.29 is 14.3 Å². The van der Waals surface area contributed by atoms with E-state index in [9.17, 15) is 9.59 Å². The zero-order chi connectivity index (χ0) is 36.6. The van der Waals surface area contributed by atoms with Crippen molar-refractivity contribution in [1.29, 1.82) is 0 Å². The van der Waals surface area contributed by atoms with E-state index in [2.05, 4.69) is 59.4 Å². The smallest absolute Gasteiger partial charge is 0.159 e. The van der Waals surface area contributed by atoms with Crippen LogP contribution in [0.3, 0.4) is 0 Å². The van der Waals surface area contributed by atoms with E-state index in [0.29, 0.717) is 41.8 Å². The van der Waals surface area contributed by atoms with Crippen molar-refractivity contribution in [3.05, 3.63) is 29.7 Å². The van der Waals surface area contributed by atoms with E-state index in [1.807, 2.05) is 0 Å². The molecule has 0 spiro atoms. The zero-order valence-corrected chi connectivity index (χ0v) is 34.2. The minimum absolute atomic E-state index is 0.303. The van der Waals surface area contributed by atoms with Gasteiger partial charge in [0.15, 0.2) is 11.6 Å². The van der Waals surface area contributed by atoms with Crippen molar-refractivity contribution in [2.24, 2.45) is 17.3 Å². The Bertz CT molecular complexity index is 964. The minimum atomic E-state index is 0.303. The third kappa shape index (κ3) is 20.1. The number of ether oxygens (including phenoxy) is 1. The highest BCUT2D eigenvalue weighted by atomic mass is 16.5. The van der Waals surface area contributed by atoms with Gasteiger partial charge in [0.05, 0.1) is 6.61 Å². The van der Waals surface area contributed by atoms with Gasteiger partial charge in [-0.2, -0.15) is 0 Å². The fourth-order valence-corrected chi connectivity index (χ4v) is 8.00. The molecule has 4 nitrogen and oxygen atoms in total. The van der Waals surface area contributed by atoms with E-state index in [-0.39, 0.29) is 0 Å². The third-order valence-corrected chi connectivity index (χ3v) is 11.3. The van der Waals surface area contributed by atoms with Gasteiger partial charge in [-0.05, 0) is 86.3 Å². The number of unbranched alkanes of at least 4 members (excludes halogenated alkanes) is 11. The van der Waals surface area contributed by atoms with Crippen LogP contribution in [-0.2, 0) is 14.3 Å². The molecule has 0 aromatic carbocycles. The third-order valence-electron chi connectivity index (χ3n) is 11.3. The molecule has 1 heterocycles. The number of hydrogen-bond donors (Lipinski definition) is 0. The maximum absolute atomic E-state index is 12.8. The van der Waals surface area contributed by atoms with Crippen molar-refractivity contribution in [3.8, 4) is 0 Å². The molecule has 0 amide bonds. The molecule has 1 radical (unpaired) electrons. The number of Topliss-reactive ketones (excluding diaryl/α,β-unsaturated/α-hetero) is 2. The Morgan fingerprint density at radius 2 is 1.42 bits per heavy atom. The summed E-state index contributed by atoms with van der Waals surface area (Å²) in [5.74, 6) is 1.97. The Kier molecular flexibility index (Phi) is 23.8. The van der Waals surface area contributed by atoms with Crippen LogP contribution in [0.25, 0.3) is 0 Å². The Morgan fingerprint density at radius 1 is 0.780 bits per heavy atom. The summed E-state index contributed by atoms with van der Waals surface area (Å²) in [6.07, 6.45) is 31.6. The number of nitrogens with zero attached hydrogens (tertiary/aromatic N) is 1. The Morgan fingerprint density at radius 3 is 2.10 bits per heavy atom. The molecule has 2 aliphatic rings. The van der Waals surface area contributed by atoms with Crippen LogP contribution in [0.15, 0.2) is 23.3 Å². The molecule has 1 aliphatic heterocycles. The van der Waals surface area contributed by atoms with Gasteiger partial charge in [0.1, 0.15) is 0 Å². The highest BCUT2D eigenvalue weighted by molar-refractivity contribution is 6.05. The molecule has 0 aromatic rings. The lowest BCUT2D eigenvalue weighted by atomic mass is 9.89. The van der Waals surface area contributed by atoms with Gasteiger partial charge in [-0.3, -0.25) is 14.5 Å². The van der Waals surface area contributed by atoms with Gasteiger partial charge in [-0.15, -0.1) is 0 Å². The molecule has 1 fully saturated rings. The summed E-state index contributed by atoms with van der Waals surface area (Å²) in [7, 11) is 0. The molecule has 4 heteroatoms. The molecule has 0 unspecified atom stereocenters. The topological polar surface area (TPSA) is 46.6 Å². The molecule has 1 aliphatic carbocycles. The second kappa shape index (κ2) is 26.5. The average Bonchev–Trinajstić information content (AvgIpc) is 3.78. The van der Waals surface area contributed by atoms with Crippen LogP contribution < -0.4 is 0 Å². The van der Waals surface area contributed by atoms with Crippen LogP contribution in [0.1, 0.15) is 202 Å². The molecule has 1 saturated heterocycles. The quantitative estimate of drug-likeness (QED) is 0.0506. The Balaban J connectivity index is 1.65. The van der Waals surface area contributed by atoms with Crippen LogP contribution in [0.5, 0.6) is 0 Å². The summed E-state index contributed by atoms with van der Waals surface area (Å²) < 4.78 is 6.26. The number of hydrogen-bond acceptors (Lipinski definition) is 4. The van der Waals surface area contributed by atoms with Gasteiger partial charge in [0.25, 0.3) is 0 Å². The average molecular weight is 697 g/mol.